The lowest BCUT2D eigenvalue weighted by atomic mass is 9.85. The second-order valence-corrected chi connectivity index (χ2v) is 3.54. The van der Waals surface area contributed by atoms with Crippen molar-refractivity contribution in [3.05, 3.63) is 11.6 Å². The second-order valence-electron chi connectivity index (χ2n) is 3.54. The van der Waals surface area contributed by atoms with Crippen LogP contribution in [0.3, 0.4) is 0 Å². The Bertz CT molecular complexity index is 122. The maximum atomic E-state index is 2.40. The Morgan fingerprint density at radius 2 is 2.11 bits per heavy atom. The van der Waals surface area contributed by atoms with Gasteiger partial charge in [-0.25, -0.2) is 0 Å². The molecule has 0 amide bonds. The molecule has 52 valence electrons. The molecule has 0 saturated heterocycles. The summed E-state index contributed by atoms with van der Waals surface area (Å²) in [5.41, 5.74) is 1.58. The minimum atomic E-state index is 0.828. The van der Waals surface area contributed by atoms with Crippen molar-refractivity contribution in [2.75, 3.05) is 0 Å². The van der Waals surface area contributed by atoms with Gasteiger partial charge in [-0.05, 0) is 31.6 Å². The summed E-state index contributed by atoms with van der Waals surface area (Å²) in [7, 11) is 0. The van der Waals surface area contributed by atoms with E-state index in [0.717, 1.165) is 11.8 Å². The smallest absolute Gasteiger partial charge is 0.0257 e. The molecule has 0 bridgehead atoms. The van der Waals surface area contributed by atoms with Crippen LogP contribution < -0.4 is 0 Å². The molecule has 0 saturated carbocycles. The molecule has 0 aromatic carbocycles. The Morgan fingerprint density at radius 1 is 1.44 bits per heavy atom. The van der Waals surface area contributed by atoms with E-state index in [0.29, 0.717) is 0 Å². The van der Waals surface area contributed by atoms with Crippen LogP contribution in [0, 0.1) is 11.8 Å². The largest absolute Gasteiger partial charge is 0.0827 e. The van der Waals surface area contributed by atoms with E-state index in [1.165, 1.54) is 12.8 Å². The summed E-state index contributed by atoms with van der Waals surface area (Å²) in [6.45, 7) is 6.89. The maximum absolute atomic E-state index is 2.40. The second kappa shape index (κ2) is 2.55. The third kappa shape index (κ3) is 1.85. The molecular weight excluding hydrogens is 108 g/mol. The normalized spacial score (nSPS) is 36.1. The van der Waals surface area contributed by atoms with E-state index in [-0.39, 0.29) is 0 Å². The first kappa shape index (κ1) is 6.85. The molecule has 0 aromatic heterocycles. The Hall–Kier alpha value is -0.260. The molecular formula is C9H16. The van der Waals surface area contributed by atoms with Gasteiger partial charge in [0.25, 0.3) is 0 Å². The summed E-state index contributed by atoms with van der Waals surface area (Å²) in [6.07, 6.45) is 5.11. The molecule has 0 radical (unpaired) electrons. The number of rotatable bonds is 0. The molecule has 0 spiro atoms. The quantitative estimate of drug-likeness (QED) is 0.435. The third-order valence-electron chi connectivity index (χ3n) is 2.01. The van der Waals surface area contributed by atoms with E-state index in [4.69, 9.17) is 0 Å². The van der Waals surface area contributed by atoms with Crippen LogP contribution in [0.5, 0.6) is 0 Å². The van der Waals surface area contributed by atoms with Gasteiger partial charge in [0, 0.05) is 0 Å². The first-order chi connectivity index (χ1) is 4.18. The summed E-state index contributed by atoms with van der Waals surface area (Å²) in [6, 6.07) is 0. The zero-order valence-electron chi connectivity index (χ0n) is 6.65. The van der Waals surface area contributed by atoms with Gasteiger partial charge >= 0.3 is 0 Å². The Balaban J connectivity index is 2.56. The summed E-state index contributed by atoms with van der Waals surface area (Å²) >= 11 is 0. The van der Waals surface area contributed by atoms with Gasteiger partial charge in [-0.3, -0.25) is 0 Å². The number of allylic oxidation sites excluding steroid dienone is 2. The minimum absolute atomic E-state index is 0.828. The number of hydrogen-bond donors (Lipinski definition) is 0. The third-order valence-corrected chi connectivity index (χ3v) is 2.01. The monoisotopic (exact) mass is 124 g/mol. The van der Waals surface area contributed by atoms with Gasteiger partial charge in [0.2, 0.25) is 0 Å². The van der Waals surface area contributed by atoms with E-state index in [2.05, 4.69) is 26.8 Å². The minimum Gasteiger partial charge on any atom is -0.0827 e. The highest BCUT2D eigenvalue weighted by Gasteiger charge is 2.12. The first-order valence-corrected chi connectivity index (χ1v) is 3.86. The van der Waals surface area contributed by atoms with E-state index < -0.39 is 0 Å². The maximum Gasteiger partial charge on any atom is -0.0257 e. The average molecular weight is 124 g/mol. The fraction of sp³-hybridized carbons (Fsp3) is 0.778. The van der Waals surface area contributed by atoms with Gasteiger partial charge in [0.15, 0.2) is 0 Å². The molecule has 0 aliphatic heterocycles. The fourth-order valence-electron chi connectivity index (χ4n) is 1.89. The lowest BCUT2D eigenvalue weighted by Gasteiger charge is -2.21. The van der Waals surface area contributed by atoms with E-state index in [1.54, 1.807) is 5.57 Å². The van der Waals surface area contributed by atoms with Gasteiger partial charge in [0.1, 0.15) is 0 Å². The zero-order chi connectivity index (χ0) is 6.85. The molecule has 0 heteroatoms. The van der Waals surface area contributed by atoms with Crippen molar-refractivity contribution in [2.24, 2.45) is 11.8 Å². The zero-order valence-corrected chi connectivity index (χ0v) is 6.65. The van der Waals surface area contributed by atoms with Crippen LogP contribution in [0.15, 0.2) is 11.6 Å². The van der Waals surface area contributed by atoms with Gasteiger partial charge in [-0.1, -0.05) is 25.5 Å². The van der Waals surface area contributed by atoms with Crippen LogP contribution in [0.25, 0.3) is 0 Å². The fourth-order valence-corrected chi connectivity index (χ4v) is 1.89. The SMILES string of the molecule is CC1=C[C@H](C)C[C@H](C)C1. The van der Waals surface area contributed by atoms with E-state index >= 15 is 0 Å². The Labute approximate surface area is 58.0 Å². The molecule has 0 unspecified atom stereocenters. The van der Waals surface area contributed by atoms with E-state index in [9.17, 15) is 0 Å². The summed E-state index contributed by atoms with van der Waals surface area (Å²) in [5, 5.41) is 0. The van der Waals surface area contributed by atoms with Crippen LogP contribution in [0.4, 0.5) is 0 Å². The van der Waals surface area contributed by atoms with Gasteiger partial charge < -0.3 is 0 Å². The lowest BCUT2D eigenvalue weighted by molar-refractivity contribution is 0.435. The highest BCUT2D eigenvalue weighted by Crippen LogP contribution is 2.26. The molecule has 1 rings (SSSR count). The van der Waals surface area contributed by atoms with Crippen LogP contribution in [0.1, 0.15) is 33.6 Å². The predicted molar refractivity (Wildman–Crippen MR) is 41.3 cm³/mol. The highest BCUT2D eigenvalue weighted by molar-refractivity contribution is 5.05. The van der Waals surface area contributed by atoms with Crippen LogP contribution in [-0.2, 0) is 0 Å². The molecule has 0 aromatic rings. The summed E-state index contributed by atoms with van der Waals surface area (Å²) in [5.74, 6) is 1.75. The highest BCUT2D eigenvalue weighted by atomic mass is 14.2. The lowest BCUT2D eigenvalue weighted by Crippen LogP contribution is -2.07. The Morgan fingerprint density at radius 3 is 2.56 bits per heavy atom. The topological polar surface area (TPSA) is 0 Å². The van der Waals surface area contributed by atoms with Crippen molar-refractivity contribution in [3.63, 3.8) is 0 Å². The van der Waals surface area contributed by atoms with Crippen molar-refractivity contribution < 1.29 is 0 Å². The van der Waals surface area contributed by atoms with Crippen LogP contribution in [-0.4, -0.2) is 0 Å². The van der Waals surface area contributed by atoms with Gasteiger partial charge in [-0.15, -0.1) is 0 Å². The molecule has 0 heterocycles. The van der Waals surface area contributed by atoms with Crippen LogP contribution >= 0.6 is 0 Å². The number of hydrogen-bond acceptors (Lipinski definition) is 0. The first-order valence-electron chi connectivity index (χ1n) is 3.86. The summed E-state index contributed by atoms with van der Waals surface area (Å²) < 4.78 is 0. The van der Waals surface area contributed by atoms with Crippen molar-refractivity contribution in [1.82, 2.24) is 0 Å². The molecule has 0 nitrogen and oxygen atoms in total. The van der Waals surface area contributed by atoms with Crippen molar-refractivity contribution in [3.8, 4) is 0 Å². The van der Waals surface area contributed by atoms with Crippen molar-refractivity contribution in [2.45, 2.75) is 33.6 Å². The Kier molecular flexibility index (Phi) is 1.94. The van der Waals surface area contributed by atoms with E-state index in [1.807, 2.05) is 0 Å². The van der Waals surface area contributed by atoms with Crippen molar-refractivity contribution >= 4 is 0 Å². The molecule has 1 aliphatic rings. The average Bonchev–Trinajstić information content (AvgIpc) is 1.59. The summed E-state index contributed by atoms with van der Waals surface area (Å²) in [4.78, 5) is 0. The van der Waals surface area contributed by atoms with Crippen LogP contribution in [0.2, 0.25) is 0 Å². The van der Waals surface area contributed by atoms with Gasteiger partial charge in [0.05, 0.1) is 0 Å². The van der Waals surface area contributed by atoms with Gasteiger partial charge in [-0.2, -0.15) is 0 Å². The van der Waals surface area contributed by atoms with Crippen molar-refractivity contribution in [1.29, 1.82) is 0 Å². The molecule has 0 N–H and O–H groups in total. The molecule has 9 heavy (non-hydrogen) atoms. The molecule has 1 aliphatic carbocycles. The predicted octanol–water partition coefficient (Wildman–Crippen LogP) is 3.00. The standard InChI is InChI=1S/C9H16/c1-7-4-8(2)6-9(3)5-7/h4,7,9H,5-6H2,1-3H3/t7-,9-/m0/s1. The molecule has 2 atom stereocenters. The molecule has 0 fully saturated rings.